The average Bonchev–Trinajstić information content (AvgIpc) is 3.46. The van der Waals surface area contributed by atoms with Gasteiger partial charge in [0.1, 0.15) is 11.6 Å². The van der Waals surface area contributed by atoms with Gasteiger partial charge in [-0.1, -0.05) is 77.2 Å². The molecule has 1 unspecified atom stereocenters. The van der Waals surface area contributed by atoms with Crippen LogP contribution in [-0.4, -0.2) is 27.0 Å². The van der Waals surface area contributed by atoms with Crippen molar-refractivity contribution in [2.45, 2.75) is 16.1 Å². The number of hydrogen-bond acceptors (Lipinski definition) is 7. The number of amides is 1. The van der Waals surface area contributed by atoms with E-state index < -0.39 is 29.3 Å². The van der Waals surface area contributed by atoms with E-state index in [4.69, 9.17) is 11.6 Å². The summed E-state index contributed by atoms with van der Waals surface area (Å²) in [5, 5.41) is 20.2. The number of hydrogen-bond donors (Lipinski definition) is 1. The number of Topliss-reactive ketones (excluding diaryl/α,β-unsaturated/α-hetero) is 1. The summed E-state index contributed by atoms with van der Waals surface area (Å²) in [5.41, 5.74) is 1.75. The van der Waals surface area contributed by atoms with Crippen LogP contribution in [0.4, 0.5) is 9.52 Å². The van der Waals surface area contributed by atoms with Gasteiger partial charge in [-0.2, -0.15) is 0 Å². The maximum absolute atomic E-state index is 13.4. The van der Waals surface area contributed by atoms with E-state index in [0.717, 1.165) is 5.56 Å². The van der Waals surface area contributed by atoms with Gasteiger partial charge in [-0.05, 0) is 47.5 Å². The van der Waals surface area contributed by atoms with Crippen molar-refractivity contribution < 1.29 is 19.1 Å². The maximum atomic E-state index is 13.4. The Morgan fingerprint density at radius 1 is 1.00 bits per heavy atom. The van der Waals surface area contributed by atoms with Crippen LogP contribution in [0.5, 0.6) is 0 Å². The van der Waals surface area contributed by atoms with Gasteiger partial charge in [-0.25, -0.2) is 4.39 Å². The molecule has 180 valence electrons. The van der Waals surface area contributed by atoms with Crippen LogP contribution in [0.25, 0.3) is 5.76 Å². The lowest BCUT2D eigenvalue weighted by atomic mass is 9.95. The summed E-state index contributed by atoms with van der Waals surface area (Å²) in [5.74, 6) is -1.94. The first-order valence-electron chi connectivity index (χ1n) is 10.7. The molecular weight excluding hydrogens is 521 g/mol. The third-order valence-corrected chi connectivity index (χ3v) is 7.93. The van der Waals surface area contributed by atoms with E-state index in [9.17, 15) is 19.1 Å². The highest BCUT2D eigenvalue weighted by Crippen LogP contribution is 2.44. The fraction of sp³-hybridized carbons (Fsp3) is 0.0769. The number of aliphatic hydroxyl groups is 1. The fourth-order valence-electron chi connectivity index (χ4n) is 3.83. The van der Waals surface area contributed by atoms with Crippen molar-refractivity contribution in [1.29, 1.82) is 0 Å². The monoisotopic (exact) mass is 537 g/mol. The van der Waals surface area contributed by atoms with Crippen molar-refractivity contribution in [2.75, 3.05) is 4.90 Å². The average molecular weight is 538 g/mol. The molecule has 0 radical (unpaired) electrons. The van der Waals surface area contributed by atoms with Gasteiger partial charge in [-0.15, -0.1) is 10.2 Å². The second-order valence-electron chi connectivity index (χ2n) is 7.85. The molecule has 6 nitrogen and oxygen atoms in total. The van der Waals surface area contributed by atoms with Crippen LogP contribution in [0.2, 0.25) is 5.02 Å². The van der Waals surface area contributed by atoms with Crippen LogP contribution in [-0.2, 0) is 15.3 Å². The Labute approximate surface area is 219 Å². The number of benzene rings is 3. The molecule has 0 spiro atoms. The molecule has 1 aliphatic heterocycles. The standard InChI is InChI=1S/C26H17ClFN3O3S2/c27-18-10-6-16(7-11-18)21-20(22(32)17-8-12-19(28)13-9-17)23(33)24(34)31(21)25-29-30-26(36-25)35-14-15-4-2-1-3-5-15/h1-13,21,32H,14H2/b22-20-. The first-order valence-corrected chi connectivity index (χ1v) is 12.9. The lowest BCUT2D eigenvalue weighted by molar-refractivity contribution is -0.132. The van der Waals surface area contributed by atoms with Crippen molar-refractivity contribution in [3.63, 3.8) is 0 Å². The highest BCUT2D eigenvalue weighted by Gasteiger charge is 2.48. The summed E-state index contributed by atoms with van der Waals surface area (Å²) < 4.78 is 14.1. The van der Waals surface area contributed by atoms with Crippen molar-refractivity contribution in [2.24, 2.45) is 0 Å². The molecule has 1 fully saturated rings. The number of anilines is 1. The molecular formula is C26H17ClFN3O3S2. The Balaban J connectivity index is 1.55. The quantitative estimate of drug-likeness (QED) is 0.103. The molecule has 1 aromatic heterocycles. The zero-order chi connectivity index (χ0) is 25.2. The fourth-order valence-corrected chi connectivity index (χ4v) is 5.78. The number of nitrogens with zero attached hydrogens (tertiary/aromatic N) is 3. The number of carbonyl (C=O) groups excluding carboxylic acids is 2. The van der Waals surface area contributed by atoms with Crippen molar-refractivity contribution in [3.8, 4) is 0 Å². The Hall–Kier alpha value is -3.53. The van der Waals surface area contributed by atoms with E-state index in [2.05, 4.69) is 10.2 Å². The summed E-state index contributed by atoms with van der Waals surface area (Å²) in [6, 6.07) is 20.5. The zero-order valence-electron chi connectivity index (χ0n) is 18.5. The van der Waals surface area contributed by atoms with E-state index in [1.807, 2.05) is 30.3 Å². The smallest absolute Gasteiger partial charge is 0.301 e. The molecule has 0 aliphatic carbocycles. The minimum Gasteiger partial charge on any atom is -0.507 e. The molecule has 4 aromatic rings. The zero-order valence-corrected chi connectivity index (χ0v) is 20.9. The third-order valence-electron chi connectivity index (χ3n) is 5.55. The summed E-state index contributed by atoms with van der Waals surface area (Å²) in [7, 11) is 0. The molecule has 1 saturated heterocycles. The number of rotatable bonds is 6. The van der Waals surface area contributed by atoms with Crippen LogP contribution in [0.15, 0.2) is 88.8 Å². The van der Waals surface area contributed by atoms with Crippen LogP contribution >= 0.6 is 34.7 Å². The topological polar surface area (TPSA) is 83.4 Å². The number of aromatic nitrogens is 2. The maximum Gasteiger partial charge on any atom is 0.301 e. The molecule has 10 heteroatoms. The molecule has 1 amide bonds. The van der Waals surface area contributed by atoms with Gasteiger partial charge >= 0.3 is 5.91 Å². The number of ketones is 1. The Morgan fingerprint density at radius 2 is 1.69 bits per heavy atom. The van der Waals surface area contributed by atoms with Crippen LogP contribution in [0, 0.1) is 5.82 Å². The van der Waals surface area contributed by atoms with Gasteiger partial charge in [0.15, 0.2) is 4.34 Å². The highest BCUT2D eigenvalue weighted by atomic mass is 35.5. The first kappa shape index (κ1) is 24.2. The molecule has 2 heterocycles. The largest absolute Gasteiger partial charge is 0.507 e. The predicted molar refractivity (Wildman–Crippen MR) is 139 cm³/mol. The van der Waals surface area contributed by atoms with Gasteiger partial charge in [-0.3, -0.25) is 14.5 Å². The molecule has 1 aliphatic rings. The van der Waals surface area contributed by atoms with Gasteiger partial charge in [0.05, 0.1) is 11.6 Å². The Kier molecular flexibility index (Phi) is 6.86. The van der Waals surface area contributed by atoms with E-state index in [-0.39, 0.29) is 16.3 Å². The van der Waals surface area contributed by atoms with E-state index >= 15 is 0 Å². The summed E-state index contributed by atoms with van der Waals surface area (Å²) in [6.45, 7) is 0. The second kappa shape index (κ2) is 10.2. The van der Waals surface area contributed by atoms with Crippen LogP contribution < -0.4 is 4.90 Å². The number of thioether (sulfide) groups is 1. The van der Waals surface area contributed by atoms with Gasteiger partial charge < -0.3 is 5.11 Å². The van der Waals surface area contributed by atoms with Crippen molar-refractivity contribution >= 4 is 57.3 Å². The van der Waals surface area contributed by atoms with E-state index in [0.29, 0.717) is 20.7 Å². The molecule has 0 bridgehead atoms. The summed E-state index contributed by atoms with van der Waals surface area (Å²) in [4.78, 5) is 27.6. The van der Waals surface area contributed by atoms with E-state index in [1.54, 1.807) is 24.3 Å². The van der Waals surface area contributed by atoms with Gasteiger partial charge in [0, 0.05) is 16.3 Å². The molecule has 3 aromatic carbocycles. The first-order chi connectivity index (χ1) is 17.4. The predicted octanol–water partition coefficient (Wildman–Crippen LogP) is 6.25. The van der Waals surface area contributed by atoms with Crippen molar-refractivity contribution in [3.05, 3.63) is 112 Å². The molecule has 0 saturated carbocycles. The molecule has 5 rings (SSSR count). The van der Waals surface area contributed by atoms with Crippen molar-refractivity contribution in [1.82, 2.24) is 10.2 Å². The number of aliphatic hydroxyl groups excluding tert-OH is 1. The number of carbonyl (C=O) groups is 2. The van der Waals surface area contributed by atoms with Crippen LogP contribution in [0.1, 0.15) is 22.7 Å². The van der Waals surface area contributed by atoms with E-state index in [1.165, 1.54) is 52.3 Å². The Bertz CT molecular complexity index is 1460. The SMILES string of the molecule is O=C1C(=O)N(c2nnc(SCc3ccccc3)s2)C(c2ccc(Cl)cc2)/C1=C(/O)c1ccc(F)cc1. The summed E-state index contributed by atoms with van der Waals surface area (Å²) >= 11 is 8.71. The Morgan fingerprint density at radius 3 is 2.39 bits per heavy atom. The molecule has 1 N–H and O–H groups in total. The number of halogens is 2. The molecule has 1 atom stereocenters. The van der Waals surface area contributed by atoms with Crippen LogP contribution in [0.3, 0.4) is 0 Å². The minimum absolute atomic E-state index is 0.123. The lowest BCUT2D eigenvalue weighted by Crippen LogP contribution is -2.29. The highest BCUT2D eigenvalue weighted by molar-refractivity contribution is 8.00. The minimum atomic E-state index is -0.966. The molecule has 36 heavy (non-hydrogen) atoms. The third kappa shape index (κ3) is 4.77. The second-order valence-corrected chi connectivity index (χ2v) is 10.5. The summed E-state index contributed by atoms with van der Waals surface area (Å²) in [6.07, 6.45) is 0. The van der Waals surface area contributed by atoms with Gasteiger partial charge in [0.25, 0.3) is 5.78 Å². The van der Waals surface area contributed by atoms with Gasteiger partial charge in [0.2, 0.25) is 5.13 Å². The normalized spacial score (nSPS) is 17.1. The lowest BCUT2D eigenvalue weighted by Gasteiger charge is -2.22.